The molecule has 0 spiro atoms. The van der Waals surface area contributed by atoms with Gasteiger partial charge in [0.2, 0.25) is 0 Å². The van der Waals surface area contributed by atoms with Gasteiger partial charge in [-0.2, -0.15) is 0 Å². The van der Waals surface area contributed by atoms with Crippen LogP contribution in [0.5, 0.6) is 0 Å². The van der Waals surface area contributed by atoms with Crippen molar-refractivity contribution in [3.05, 3.63) is 42.7 Å². The molecule has 3 rings (SSSR count). The third-order valence-electron chi connectivity index (χ3n) is 2.79. The van der Waals surface area contributed by atoms with Crippen molar-refractivity contribution in [2.24, 2.45) is 7.05 Å². The quantitative estimate of drug-likeness (QED) is 0.689. The molecule has 0 atom stereocenters. The maximum Gasteiger partial charge on any atom is 0.124 e. The smallest absolute Gasteiger partial charge is 0.124 e. The molecule has 0 radical (unpaired) electrons. The van der Waals surface area contributed by atoms with E-state index < -0.39 is 0 Å². The van der Waals surface area contributed by atoms with Gasteiger partial charge < -0.3 is 10.3 Å². The van der Waals surface area contributed by atoms with Crippen LogP contribution in [0.2, 0.25) is 0 Å². The number of hydrogen-bond acceptors (Lipinski definition) is 3. The van der Waals surface area contributed by atoms with Gasteiger partial charge in [0.1, 0.15) is 5.82 Å². The maximum atomic E-state index is 5.69. The van der Waals surface area contributed by atoms with E-state index in [1.54, 1.807) is 12.4 Å². The summed E-state index contributed by atoms with van der Waals surface area (Å²) in [6.07, 6.45) is 1.81. The molecule has 0 unspecified atom stereocenters. The van der Waals surface area contributed by atoms with Crippen LogP contribution in [0.4, 0.5) is 5.82 Å². The first-order chi connectivity index (χ1) is 8.24. The van der Waals surface area contributed by atoms with Gasteiger partial charge in [-0.05, 0) is 24.3 Å². The number of nitrogens with two attached hydrogens (primary N) is 1. The van der Waals surface area contributed by atoms with Crippen molar-refractivity contribution in [1.82, 2.24) is 14.5 Å². The number of fused-ring (bicyclic) bond motifs is 1. The lowest BCUT2D eigenvalue weighted by Crippen LogP contribution is -1.91. The van der Waals surface area contributed by atoms with E-state index in [9.17, 15) is 0 Å². The molecule has 2 aromatic heterocycles. The highest BCUT2D eigenvalue weighted by Gasteiger charge is 2.04. The molecule has 0 aliphatic carbocycles. The Morgan fingerprint density at radius 3 is 2.88 bits per heavy atom. The van der Waals surface area contributed by atoms with Crippen molar-refractivity contribution in [1.29, 1.82) is 0 Å². The molecule has 0 saturated carbocycles. The Balaban J connectivity index is 2.20. The molecule has 2 N–H and O–H groups in total. The monoisotopic (exact) mass is 224 g/mol. The van der Waals surface area contributed by atoms with Crippen LogP contribution in [-0.4, -0.2) is 14.5 Å². The molecule has 2 heterocycles. The number of rotatable bonds is 1. The fourth-order valence-corrected chi connectivity index (χ4v) is 1.90. The maximum absolute atomic E-state index is 5.69. The molecule has 0 bridgehead atoms. The van der Waals surface area contributed by atoms with Crippen LogP contribution < -0.4 is 5.73 Å². The SMILES string of the molecule is Cn1cnc2ccc(-c3cccc(N)n3)cc21. The number of nitrogens with zero attached hydrogens (tertiary/aromatic N) is 3. The van der Waals surface area contributed by atoms with Crippen LogP contribution in [0.3, 0.4) is 0 Å². The van der Waals surface area contributed by atoms with Gasteiger partial charge in [0.25, 0.3) is 0 Å². The first-order valence-corrected chi connectivity index (χ1v) is 5.38. The Morgan fingerprint density at radius 1 is 1.18 bits per heavy atom. The van der Waals surface area contributed by atoms with Crippen molar-refractivity contribution in [3.63, 3.8) is 0 Å². The molecule has 1 aromatic carbocycles. The fraction of sp³-hybridized carbons (Fsp3) is 0.0769. The lowest BCUT2D eigenvalue weighted by Gasteiger charge is -2.02. The highest BCUT2D eigenvalue weighted by Crippen LogP contribution is 2.22. The number of imidazole rings is 1. The fourth-order valence-electron chi connectivity index (χ4n) is 1.90. The van der Waals surface area contributed by atoms with Crippen LogP contribution in [0, 0.1) is 0 Å². The van der Waals surface area contributed by atoms with E-state index in [1.807, 2.05) is 35.9 Å². The second-order valence-corrected chi connectivity index (χ2v) is 4.01. The normalized spacial score (nSPS) is 10.9. The zero-order valence-electron chi connectivity index (χ0n) is 9.46. The minimum atomic E-state index is 0.535. The summed E-state index contributed by atoms with van der Waals surface area (Å²) in [6, 6.07) is 11.7. The van der Waals surface area contributed by atoms with E-state index >= 15 is 0 Å². The van der Waals surface area contributed by atoms with E-state index in [1.165, 1.54) is 0 Å². The Kier molecular flexibility index (Phi) is 2.08. The topological polar surface area (TPSA) is 56.7 Å². The summed E-state index contributed by atoms with van der Waals surface area (Å²) < 4.78 is 1.99. The van der Waals surface area contributed by atoms with Gasteiger partial charge in [0.15, 0.2) is 0 Å². The number of aromatic nitrogens is 3. The molecule has 0 aliphatic heterocycles. The average Bonchev–Trinajstić information content (AvgIpc) is 2.71. The number of aryl methyl sites for hydroxylation is 1. The minimum Gasteiger partial charge on any atom is -0.384 e. The lowest BCUT2D eigenvalue weighted by molar-refractivity contribution is 0.948. The highest BCUT2D eigenvalue weighted by atomic mass is 15.0. The number of pyridine rings is 1. The van der Waals surface area contributed by atoms with Gasteiger partial charge in [-0.25, -0.2) is 9.97 Å². The predicted molar refractivity (Wildman–Crippen MR) is 68.4 cm³/mol. The molecule has 0 aliphatic rings. The molecular formula is C13H12N4. The molecule has 4 nitrogen and oxygen atoms in total. The van der Waals surface area contributed by atoms with Crippen LogP contribution >= 0.6 is 0 Å². The Morgan fingerprint density at radius 2 is 2.06 bits per heavy atom. The first kappa shape index (κ1) is 9.84. The first-order valence-electron chi connectivity index (χ1n) is 5.38. The molecule has 0 fully saturated rings. The van der Waals surface area contributed by atoms with E-state index in [0.29, 0.717) is 5.82 Å². The largest absolute Gasteiger partial charge is 0.384 e. The van der Waals surface area contributed by atoms with Gasteiger partial charge in [-0.15, -0.1) is 0 Å². The molecule has 17 heavy (non-hydrogen) atoms. The minimum absolute atomic E-state index is 0.535. The molecular weight excluding hydrogens is 212 g/mol. The van der Waals surface area contributed by atoms with Crippen LogP contribution in [0.1, 0.15) is 0 Å². The number of anilines is 1. The summed E-state index contributed by atoms with van der Waals surface area (Å²) in [6.45, 7) is 0. The standard InChI is InChI=1S/C13H12N4/c1-17-8-15-11-6-5-9(7-12(11)17)10-3-2-4-13(14)16-10/h2-8H,1H3,(H2,14,16). The Hall–Kier alpha value is -2.36. The van der Waals surface area contributed by atoms with Gasteiger partial charge in [0.05, 0.1) is 23.1 Å². The summed E-state index contributed by atoms with van der Waals surface area (Å²) >= 11 is 0. The second kappa shape index (κ2) is 3.59. The Labute approximate surface area is 98.7 Å². The van der Waals surface area contributed by atoms with Gasteiger partial charge >= 0.3 is 0 Å². The van der Waals surface area contributed by atoms with Crippen molar-refractivity contribution in [2.75, 3.05) is 5.73 Å². The molecule has 3 aromatic rings. The van der Waals surface area contributed by atoms with Crippen molar-refractivity contribution >= 4 is 16.9 Å². The highest BCUT2D eigenvalue weighted by molar-refractivity contribution is 5.81. The van der Waals surface area contributed by atoms with Crippen molar-refractivity contribution < 1.29 is 0 Å². The molecule has 0 saturated heterocycles. The zero-order valence-corrected chi connectivity index (χ0v) is 9.46. The third kappa shape index (κ3) is 1.63. The number of benzene rings is 1. The molecule has 0 amide bonds. The summed E-state index contributed by atoms with van der Waals surface area (Å²) in [5.74, 6) is 0.535. The van der Waals surface area contributed by atoms with Gasteiger partial charge in [-0.3, -0.25) is 0 Å². The summed E-state index contributed by atoms with van der Waals surface area (Å²) in [5, 5.41) is 0. The van der Waals surface area contributed by atoms with E-state index in [0.717, 1.165) is 22.3 Å². The lowest BCUT2D eigenvalue weighted by atomic mass is 10.1. The van der Waals surface area contributed by atoms with Crippen LogP contribution in [0.15, 0.2) is 42.7 Å². The van der Waals surface area contributed by atoms with Gasteiger partial charge in [-0.1, -0.05) is 12.1 Å². The predicted octanol–water partition coefficient (Wildman–Crippen LogP) is 2.22. The van der Waals surface area contributed by atoms with Crippen LogP contribution in [-0.2, 0) is 7.05 Å². The second-order valence-electron chi connectivity index (χ2n) is 4.01. The summed E-state index contributed by atoms with van der Waals surface area (Å²) in [5.41, 5.74) is 9.70. The van der Waals surface area contributed by atoms with Crippen molar-refractivity contribution in [2.45, 2.75) is 0 Å². The number of hydrogen-bond donors (Lipinski definition) is 1. The summed E-state index contributed by atoms with van der Waals surface area (Å²) in [7, 11) is 1.98. The molecule has 4 heteroatoms. The third-order valence-corrected chi connectivity index (χ3v) is 2.79. The van der Waals surface area contributed by atoms with E-state index in [4.69, 9.17) is 5.73 Å². The Bertz CT molecular complexity index is 685. The van der Waals surface area contributed by atoms with E-state index in [2.05, 4.69) is 16.0 Å². The average molecular weight is 224 g/mol. The van der Waals surface area contributed by atoms with Crippen molar-refractivity contribution in [3.8, 4) is 11.3 Å². The van der Waals surface area contributed by atoms with Gasteiger partial charge in [0, 0.05) is 12.6 Å². The molecule has 84 valence electrons. The summed E-state index contributed by atoms with van der Waals surface area (Å²) in [4.78, 5) is 8.60. The number of nitrogen functional groups attached to an aromatic ring is 1. The van der Waals surface area contributed by atoms with Crippen LogP contribution in [0.25, 0.3) is 22.3 Å². The van der Waals surface area contributed by atoms with E-state index in [-0.39, 0.29) is 0 Å². The zero-order chi connectivity index (χ0) is 11.8.